The lowest BCUT2D eigenvalue weighted by molar-refractivity contribution is -0.145. The summed E-state index contributed by atoms with van der Waals surface area (Å²) in [5.74, 6) is 0.0509. The second-order valence-electron chi connectivity index (χ2n) is 4.94. The number of carboxylic acid groups (broad SMARTS) is 1. The fourth-order valence-electron chi connectivity index (χ4n) is 1.95. The lowest BCUT2D eigenvalue weighted by Crippen LogP contribution is -2.26. The third-order valence-electron chi connectivity index (χ3n) is 3.25. The Labute approximate surface area is 126 Å². The van der Waals surface area contributed by atoms with Crippen LogP contribution in [0.5, 0.6) is 11.5 Å². The Morgan fingerprint density at radius 3 is 2.48 bits per heavy atom. The van der Waals surface area contributed by atoms with Crippen LogP contribution in [-0.2, 0) is 11.2 Å². The molecule has 21 heavy (non-hydrogen) atoms. The van der Waals surface area contributed by atoms with Crippen molar-refractivity contribution in [3.63, 3.8) is 0 Å². The average molecular weight is 295 g/mol. The minimum absolute atomic E-state index is 0.105. The summed E-state index contributed by atoms with van der Waals surface area (Å²) < 4.78 is 11.1. The molecule has 0 spiro atoms. The van der Waals surface area contributed by atoms with Crippen LogP contribution in [0.15, 0.2) is 18.2 Å². The number of rotatable bonds is 9. The maximum atomic E-state index is 11.1. The summed E-state index contributed by atoms with van der Waals surface area (Å²) >= 11 is 0. The van der Waals surface area contributed by atoms with Gasteiger partial charge in [0.1, 0.15) is 0 Å². The van der Waals surface area contributed by atoms with Crippen LogP contribution in [0.25, 0.3) is 0 Å². The van der Waals surface area contributed by atoms with Gasteiger partial charge in [-0.05, 0) is 43.9 Å². The van der Waals surface area contributed by atoms with E-state index in [9.17, 15) is 4.79 Å². The average Bonchev–Trinajstić information content (AvgIpc) is 2.46. The van der Waals surface area contributed by atoms with Crippen LogP contribution in [0, 0.1) is 0 Å². The second kappa shape index (κ2) is 8.52. The lowest BCUT2D eigenvalue weighted by atomic mass is 10.0. The van der Waals surface area contributed by atoms with Gasteiger partial charge in [0.25, 0.3) is 0 Å². The van der Waals surface area contributed by atoms with Gasteiger partial charge in [0.05, 0.1) is 6.61 Å². The topological polar surface area (TPSA) is 81.8 Å². The minimum atomic E-state index is -0.975. The Kier molecular flexibility index (Phi) is 7.02. The van der Waals surface area contributed by atoms with Crippen molar-refractivity contribution in [3.8, 4) is 11.5 Å². The molecule has 5 heteroatoms. The van der Waals surface area contributed by atoms with Gasteiger partial charge >= 0.3 is 5.97 Å². The van der Waals surface area contributed by atoms with Crippen LogP contribution in [0.4, 0.5) is 0 Å². The molecule has 0 aromatic heterocycles. The van der Waals surface area contributed by atoms with Gasteiger partial charge in [0.15, 0.2) is 17.6 Å². The van der Waals surface area contributed by atoms with E-state index in [2.05, 4.69) is 0 Å². The van der Waals surface area contributed by atoms with Crippen molar-refractivity contribution >= 4 is 5.97 Å². The quantitative estimate of drug-likeness (QED) is 0.732. The molecule has 0 aliphatic heterocycles. The number of ether oxygens (including phenoxy) is 2. The zero-order valence-corrected chi connectivity index (χ0v) is 13.0. The first kappa shape index (κ1) is 17.3. The fourth-order valence-corrected chi connectivity index (χ4v) is 1.95. The Bertz CT molecular complexity index is 462. The first-order valence-corrected chi connectivity index (χ1v) is 7.42. The molecule has 2 atom stereocenters. The summed E-state index contributed by atoms with van der Waals surface area (Å²) in [6.45, 7) is 6.18. The second-order valence-corrected chi connectivity index (χ2v) is 4.94. The summed E-state index contributed by atoms with van der Waals surface area (Å²) in [6.07, 6.45) is 1.18. The fraction of sp³-hybridized carbons (Fsp3) is 0.562. The molecule has 0 saturated carbocycles. The molecule has 0 aliphatic carbocycles. The predicted octanol–water partition coefficient (Wildman–Crippen LogP) is 2.61. The summed E-state index contributed by atoms with van der Waals surface area (Å²) in [7, 11) is 0. The highest BCUT2D eigenvalue weighted by Crippen LogP contribution is 2.30. The first-order valence-electron chi connectivity index (χ1n) is 7.42. The Morgan fingerprint density at radius 2 is 1.95 bits per heavy atom. The van der Waals surface area contributed by atoms with Crippen molar-refractivity contribution in [2.24, 2.45) is 5.73 Å². The van der Waals surface area contributed by atoms with Crippen molar-refractivity contribution in [2.45, 2.75) is 52.2 Å². The zero-order valence-electron chi connectivity index (χ0n) is 13.0. The molecule has 0 saturated heterocycles. The normalized spacial score (nSPS) is 13.5. The van der Waals surface area contributed by atoms with Gasteiger partial charge in [-0.1, -0.05) is 19.9 Å². The van der Waals surface area contributed by atoms with Gasteiger partial charge < -0.3 is 20.3 Å². The molecule has 0 amide bonds. The summed E-state index contributed by atoms with van der Waals surface area (Å²) in [5, 5.41) is 9.08. The van der Waals surface area contributed by atoms with E-state index in [0.717, 1.165) is 18.4 Å². The molecular formula is C16H25NO4. The smallest absolute Gasteiger partial charge is 0.344 e. The molecular weight excluding hydrogens is 270 g/mol. The summed E-state index contributed by atoms with van der Waals surface area (Å²) in [6, 6.07) is 5.65. The van der Waals surface area contributed by atoms with Crippen LogP contribution in [0.1, 0.15) is 39.2 Å². The molecule has 0 radical (unpaired) electrons. The standard InChI is InChI=1S/C16H25NO4/c1-4-12(17)9-11-7-8-14(15(10-11)20-6-3)21-13(5-2)16(18)19/h7-8,10,12-13H,4-6,9,17H2,1-3H3,(H,18,19). The molecule has 0 heterocycles. The van der Waals surface area contributed by atoms with Gasteiger partial charge in [-0.3, -0.25) is 0 Å². The largest absolute Gasteiger partial charge is 0.490 e. The van der Waals surface area contributed by atoms with Crippen molar-refractivity contribution in [2.75, 3.05) is 6.61 Å². The zero-order chi connectivity index (χ0) is 15.8. The highest BCUT2D eigenvalue weighted by Gasteiger charge is 2.19. The minimum Gasteiger partial charge on any atom is -0.490 e. The van der Waals surface area contributed by atoms with Crippen LogP contribution in [-0.4, -0.2) is 29.8 Å². The Morgan fingerprint density at radius 1 is 1.24 bits per heavy atom. The van der Waals surface area contributed by atoms with Gasteiger partial charge in [0.2, 0.25) is 0 Å². The Balaban J connectivity index is 2.95. The molecule has 118 valence electrons. The van der Waals surface area contributed by atoms with E-state index in [4.69, 9.17) is 20.3 Å². The molecule has 0 bridgehead atoms. The number of hydrogen-bond acceptors (Lipinski definition) is 4. The number of aliphatic carboxylic acids is 1. The van der Waals surface area contributed by atoms with Crippen LogP contribution in [0.3, 0.4) is 0 Å². The third-order valence-corrected chi connectivity index (χ3v) is 3.25. The highest BCUT2D eigenvalue weighted by atomic mass is 16.5. The van der Waals surface area contributed by atoms with E-state index >= 15 is 0 Å². The molecule has 1 aromatic carbocycles. The van der Waals surface area contributed by atoms with Gasteiger partial charge in [-0.25, -0.2) is 4.79 Å². The number of benzene rings is 1. The summed E-state index contributed by atoms with van der Waals surface area (Å²) in [5.41, 5.74) is 7.02. The van der Waals surface area contributed by atoms with Crippen LogP contribution < -0.4 is 15.2 Å². The maximum absolute atomic E-state index is 11.1. The van der Waals surface area contributed by atoms with E-state index in [1.54, 1.807) is 13.0 Å². The predicted molar refractivity (Wildman–Crippen MR) is 81.9 cm³/mol. The van der Waals surface area contributed by atoms with E-state index in [-0.39, 0.29) is 6.04 Å². The van der Waals surface area contributed by atoms with E-state index < -0.39 is 12.1 Å². The molecule has 3 N–H and O–H groups in total. The monoisotopic (exact) mass is 295 g/mol. The molecule has 1 aromatic rings. The number of carbonyl (C=O) groups is 1. The molecule has 0 aliphatic rings. The van der Waals surface area contributed by atoms with E-state index in [1.807, 2.05) is 26.0 Å². The van der Waals surface area contributed by atoms with Crippen molar-refractivity contribution in [3.05, 3.63) is 23.8 Å². The number of carboxylic acids is 1. The molecule has 1 rings (SSSR count). The summed E-state index contributed by atoms with van der Waals surface area (Å²) in [4.78, 5) is 11.1. The van der Waals surface area contributed by atoms with Crippen molar-refractivity contribution in [1.82, 2.24) is 0 Å². The van der Waals surface area contributed by atoms with Crippen LogP contribution in [0.2, 0.25) is 0 Å². The first-order chi connectivity index (χ1) is 10.0. The maximum Gasteiger partial charge on any atom is 0.344 e. The SMILES string of the molecule is CCOc1cc(CC(N)CC)ccc1OC(CC)C(=O)O. The molecule has 5 nitrogen and oxygen atoms in total. The van der Waals surface area contributed by atoms with Crippen molar-refractivity contribution in [1.29, 1.82) is 0 Å². The number of nitrogens with two attached hydrogens (primary N) is 1. The van der Waals surface area contributed by atoms with E-state index in [0.29, 0.717) is 24.5 Å². The third kappa shape index (κ3) is 5.27. The Hall–Kier alpha value is -1.75. The highest BCUT2D eigenvalue weighted by molar-refractivity contribution is 5.72. The van der Waals surface area contributed by atoms with Gasteiger partial charge in [-0.2, -0.15) is 0 Å². The van der Waals surface area contributed by atoms with Gasteiger partial charge in [0, 0.05) is 6.04 Å². The molecule has 0 fully saturated rings. The van der Waals surface area contributed by atoms with E-state index in [1.165, 1.54) is 0 Å². The van der Waals surface area contributed by atoms with Crippen molar-refractivity contribution < 1.29 is 19.4 Å². The van der Waals surface area contributed by atoms with Crippen LogP contribution >= 0.6 is 0 Å². The lowest BCUT2D eigenvalue weighted by Gasteiger charge is -2.18. The van der Waals surface area contributed by atoms with Gasteiger partial charge in [-0.15, -0.1) is 0 Å². The molecule has 2 unspecified atom stereocenters. The number of hydrogen-bond donors (Lipinski definition) is 2.